The first-order valence-corrected chi connectivity index (χ1v) is 7.85. The van der Waals surface area contributed by atoms with Gasteiger partial charge in [-0.05, 0) is 38.4 Å². The molecule has 1 N–H and O–H groups in total. The highest BCUT2D eigenvalue weighted by Gasteiger charge is 2.22. The predicted molar refractivity (Wildman–Crippen MR) is 79.0 cm³/mol. The maximum absolute atomic E-state index is 5.63. The topological polar surface area (TPSA) is 28.4 Å². The Balaban J connectivity index is 1.91. The predicted octanol–water partition coefficient (Wildman–Crippen LogP) is 3.54. The first-order chi connectivity index (χ1) is 9.35. The molecular weight excluding hydrogens is 236 g/mol. The van der Waals surface area contributed by atoms with Crippen LogP contribution in [-0.2, 0) is 13.1 Å². The molecule has 1 saturated carbocycles. The average Bonchev–Trinajstić information content (AvgIpc) is 3.07. The van der Waals surface area contributed by atoms with Gasteiger partial charge in [-0.1, -0.05) is 26.7 Å². The monoisotopic (exact) mass is 264 g/mol. The van der Waals surface area contributed by atoms with Gasteiger partial charge in [0.2, 0.25) is 0 Å². The van der Waals surface area contributed by atoms with Crippen molar-refractivity contribution in [1.82, 2.24) is 10.2 Å². The second-order valence-corrected chi connectivity index (χ2v) is 5.55. The van der Waals surface area contributed by atoms with E-state index < -0.39 is 0 Å². The molecule has 108 valence electrons. The van der Waals surface area contributed by atoms with Crippen molar-refractivity contribution in [3.8, 4) is 0 Å². The lowest BCUT2D eigenvalue weighted by Crippen LogP contribution is -2.32. The molecule has 0 spiro atoms. The van der Waals surface area contributed by atoms with E-state index in [1.165, 1.54) is 37.7 Å². The third-order valence-electron chi connectivity index (χ3n) is 4.17. The van der Waals surface area contributed by atoms with E-state index >= 15 is 0 Å². The van der Waals surface area contributed by atoms with Crippen LogP contribution in [0.4, 0.5) is 0 Å². The third-order valence-corrected chi connectivity index (χ3v) is 4.17. The molecule has 0 radical (unpaired) electrons. The van der Waals surface area contributed by atoms with Crippen molar-refractivity contribution in [2.24, 2.45) is 0 Å². The van der Waals surface area contributed by atoms with Crippen LogP contribution in [0.1, 0.15) is 57.3 Å². The molecule has 2 rings (SSSR count). The van der Waals surface area contributed by atoms with Gasteiger partial charge in [0.15, 0.2) is 0 Å². The van der Waals surface area contributed by atoms with Gasteiger partial charge in [-0.3, -0.25) is 4.90 Å². The number of nitrogens with zero attached hydrogens (tertiary/aromatic N) is 1. The SMILES string of the molecule is CCCNCc1occc1CN(CC)C1CCCC1. The van der Waals surface area contributed by atoms with Crippen LogP contribution >= 0.6 is 0 Å². The van der Waals surface area contributed by atoms with Crippen molar-refractivity contribution in [2.75, 3.05) is 13.1 Å². The summed E-state index contributed by atoms with van der Waals surface area (Å²) in [5.74, 6) is 1.12. The van der Waals surface area contributed by atoms with Gasteiger partial charge in [0.25, 0.3) is 0 Å². The van der Waals surface area contributed by atoms with Crippen LogP contribution in [0.2, 0.25) is 0 Å². The van der Waals surface area contributed by atoms with E-state index in [0.29, 0.717) is 0 Å². The van der Waals surface area contributed by atoms with Gasteiger partial charge in [-0.15, -0.1) is 0 Å². The number of hydrogen-bond donors (Lipinski definition) is 1. The molecule has 1 heterocycles. The first kappa shape index (κ1) is 14.6. The lowest BCUT2D eigenvalue weighted by Gasteiger charge is -2.27. The molecule has 0 saturated heterocycles. The minimum atomic E-state index is 0.788. The van der Waals surface area contributed by atoms with Crippen LogP contribution in [0, 0.1) is 0 Å². The van der Waals surface area contributed by atoms with Crippen LogP contribution in [-0.4, -0.2) is 24.0 Å². The van der Waals surface area contributed by atoms with Crippen LogP contribution in [0.25, 0.3) is 0 Å². The molecule has 0 atom stereocenters. The highest BCUT2D eigenvalue weighted by Crippen LogP contribution is 2.25. The summed E-state index contributed by atoms with van der Waals surface area (Å²) in [6.45, 7) is 8.56. The van der Waals surface area contributed by atoms with E-state index in [2.05, 4.69) is 30.1 Å². The fourth-order valence-electron chi connectivity index (χ4n) is 3.03. The van der Waals surface area contributed by atoms with Crippen LogP contribution < -0.4 is 5.32 Å². The van der Waals surface area contributed by atoms with Crippen molar-refractivity contribution in [3.63, 3.8) is 0 Å². The standard InChI is InChI=1S/C16H28N2O/c1-3-10-17-12-16-14(9-11-19-16)13-18(4-2)15-7-5-6-8-15/h9,11,15,17H,3-8,10,12-13H2,1-2H3. The highest BCUT2D eigenvalue weighted by molar-refractivity contribution is 5.17. The summed E-state index contributed by atoms with van der Waals surface area (Å²) in [4.78, 5) is 2.61. The van der Waals surface area contributed by atoms with E-state index in [9.17, 15) is 0 Å². The molecule has 3 nitrogen and oxygen atoms in total. The largest absolute Gasteiger partial charge is 0.468 e. The molecule has 0 bridgehead atoms. The molecule has 0 unspecified atom stereocenters. The van der Waals surface area contributed by atoms with Crippen LogP contribution in [0.15, 0.2) is 16.7 Å². The summed E-state index contributed by atoms with van der Waals surface area (Å²) in [6, 6.07) is 2.93. The smallest absolute Gasteiger partial charge is 0.122 e. The minimum Gasteiger partial charge on any atom is -0.468 e. The molecular formula is C16H28N2O. The zero-order valence-corrected chi connectivity index (χ0v) is 12.5. The molecule has 0 aliphatic heterocycles. The van der Waals surface area contributed by atoms with E-state index in [4.69, 9.17) is 4.42 Å². The lowest BCUT2D eigenvalue weighted by molar-refractivity contribution is 0.198. The van der Waals surface area contributed by atoms with E-state index in [1.54, 1.807) is 0 Å². The molecule has 1 fully saturated rings. The van der Waals surface area contributed by atoms with Gasteiger partial charge in [0.1, 0.15) is 5.76 Å². The zero-order chi connectivity index (χ0) is 13.5. The van der Waals surface area contributed by atoms with Gasteiger partial charge in [0.05, 0.1) is 12.8 Å². The van der Waals surface area contributed by atoms with Gasteiger partial charge in [0, 0.05) is 18.2 Å². The van der Waals surface area contributed by atoms with Gasteiger partial charge < -0.3 is 9.73 Å². The molecule has 0 aromatic carbocycles. The lowest BCUT2D eigenvalue weighted by atomic mass is 10.1. The van der Waals surface area contributed by atoms with Gasteiger partial charge in [-0.2, -0.15) is 0 Å². The summed E-state index contributed by atoms with van der Waals surface area (Å²) in [5, 5.41) is 3.43. The Labute approximate surface area is 117 Å². The fraction of sp³-hybridized carbons (Fsp3) is 0.750. The second kappa shape index (κ2) is 7.71. The maximum Gasteiger partial charge on any atom is 0.122 e. The van der Waals surface area contributed by atoms with Crippen molar-refractivity contribution >= 4 is 0 Å². The Bertz CT molecular complexity index is 355. The molecule has 19 heavy (non-hydrogen) atoms. The molecule has 1 aromatic heterocycles. The molecule has 1 aromatic rings. The van der Waals surface area contributed by atoms with E-state index in [1.807, 2.05) is 6.26 Å². The Hall–Kier alpha value is -0.800. The summed E-state index contributed by atoms with van der Waals surface area (Å²) in [7, 11) is 0. The third kappa shape index (κ3) is 4.08. The van der Waals surface area contributed by atoms with Gasteiger partial charge in [-0.25, -0.2) is 0 Å². The summed E-state index contributed by atoms with van der Waals surface area (Å²) in [6.07, 6.45) is 8.54. The van der Waals surface area contributed by atoms with E-state index in [-0.39, 0.29) is 0 Å². The van der Waals surface area contributed by atoms with Gasteiger partial charge >= 0.3 is 0 Å². The molecule has 1 aliphatic rings. The summed E-state index contributed by atoms with van der Waals surface area (Å²) < 4.78 is 5.63. The summed E-state index contributed by atoms with van der Waals surface area (Å²) >= 11 is 0. The Morgan fingerprint density at radius 3 is 2.79 bits per heavy atom. The quantitative estimate of drug-likeness (QED) is 0.728. The van der Waals surface area contributed by atoms with Crippen LogP contribution in [0.5, 0.6) is 0 Å². The van der Waals surface area contributed by atoms with Crippen molar-refractivity contribution < 1.29 is 4.42 Å². The number of hydrogen-bond acceptors (Lipinski definition) is 3. The fourth-order valence-corrected chi connectivity index (χ4v) is 3.03. The Morgan fingerprint density at radius 2 is 2.11 bits per heavy atom. The Kier molecular flexibility index (Phi) is 5.93. The average molecular weight is 264 g/mol. The van der Waals surface area contributed by atoms with Crippen LogP contribution in [0.3, 0.4) is 0 Å². The Morgan fingerprint density at radius 1 is 1.32 bits per heavy atom. The summed E-state index contributed by atoms with van der Waals surface area (Å²) in [5.41, 5.74) is 1.36. The number of rotatable bonds is 8. The molecule has 0 amide bonds. The minimum absolute atomic E-state index is 0.788. The molecule has 3 heteroatoms. The van der Waals surface area contributed by atoms with Crippen molar-refractivity contribution in [1.29, 1.82) is 0 Å². The normalized spacial score (nSPS) is 16.6. The molecule has 1 aliphatic carbocycles. The second-order valence-electron chi connectivity index (χ2n) is 5.55. The number of nitrogens with one attached hydrogen (secondary N) is 1. The maximum atomic E-state index is 5.63. The van der Waals surface area contributed by atoms with Crippen molar-refractivity contribution in [2.45, 2.75) is 65.1 Å². The zero-order valence-electron chi connectivity index (χ0n) is 12.5. The van der Waals surface area contributed by atoms with Crippen molar-refractivity contribution in [3.05, 3.63) is 23.7 Å². The number of furan rings is 1. The first-order valence-electron chi connectivity index (χ1n) is 7.85. The highest BCUT2D eigenvalue weighted by atomic mass is 16.3. The van der Waals surface area contributed by atoms with E-state index in [0.717, 1.165) is 38.0 Å².